The molecule has 5 rings (SSSR count). The van der Waals surface area contributed by atoms with Gasteiger partial charge < -0.3 is 4.90 Å². The number of anilines is 1. The van der Waals surface area contributed by atoms with Crippen LogP contribution in [0.25, 0.3) is 10.1 Å². The van der Waals surface area contributed by atoms with Gasteiger partial charge in [0.15, 0.2) is 0 Å². The van der Waals surface area contributed by atoms with Crippen molar-refractivity contribution in [3.63, 3.8) is 0 Å². The Morgan fingerprint density at radius 3 is 2.65 bits per heavy atom. The molecule has 0 amide bonds. The van der Waals surface area contributed by atoms with Crippen LogP contribution in [0.5, 0.6) is 0 Å². The second-order valence-electron chi connectivity index (χ2n) is 7.89. The number of rotatable bonds is 2. The molecule has 1 saturated heterocycles. The summed E-state index contributed by atoms with van der Waals surface area (Å²) in [6, 6.07) is 17.0. The molecule has 134 valence electrons. The molecule has 1 fully saturated rings. The van der Waals surface area contributed by atoms with Gasteiger partial charge in [0, 0.05) is 42.0 Å². The first kappa shape index (κ1) is 16.3. The lowest BCUT2D eigenvalue weighted by Crippen LogP contribution is -2.34. The first-order valence-corrected chi connectivity index (χ1v) is 10.6. The van der Waals surface area contributed by atoms with Crippen molar-refractivity contribution >= 4 is 27.1 Å². The van der Waals surface area contributed by atoms with Gasteiger partial charge in [-0.15, -0.1) is 11.3 Å². The Bertz CT molecular complexity index is 938. The summed E-state index contributed by atoms with van der Waals surface area (Å²) in [5.74, 6) is 0.461. The summed E-state index contributed by atoms with van der Waals surface area (Å²) in [5.41, 5.74) is 5.90. The van der Waals surface area contributed by atoms with E-state index in [0.29, 0.717) is 12.0 Å². The van der Waals surface area contributed by atoms with Crippen molar-refractivity contribution in [3.05, 3.63) is 64.5 Å². The number of likely N-dealkylation sites (N-methyl/N-ethyl adjacent to an activating group) is 1. The van der Waals surface area contributed by atoms with E-state index >= 15 is 0 Å². The lowest BCUT2D eigenvalue weighted by Gasteiger charge is -2.38. The summed E-state index contributed by atoms with van der Waals surface area (Å²) in [5, 5.41) is 3.57. The minimum Gasteiger partial charge on any atom is -0.372 e. The molecule has 3 heterocycles. The minimum absolute atomic E-state index is 0.461. The van der Waals surface area contributed by atoms with Crippen LogP contribution in [0.4, 0.5) is 5.69 Å². The average Bonchev–Trinajstić information content (AvgIpc) is 3.35. The van der Waals surface area contributed by atoms with Gasteiger partial charge in [0.05, 0.1) is 0 Å². The van der Waals surface area contributed by atoms with Gasteiger partial charge in [-0.25, -0.2) is 0 Å². The largest absolute Gasteiger partial charge is 0.372 e. The summed E-state index contributed by atoms with van der Waals surface area (Å²) < 4.78 is 1.39. The maximum absolute atomic E-state index is 2.55. The third kappa shape index (κ3) is 2.65. The van der Waals surface area contributed by atoms with Crippen LogP contribution < -0.4 is 4.90 Å². The molecule has 1 aromatic heterocycles. The van der Waals surface area contributed by atoms with Crippen LogP contribution >= 0.6 is 11.3 Å². The summed E-state index contributed by atoms with van der Waals surface area (Å²) >= 11 is 1.83. The molecule has 2 aliphatic rings. The van der Waals surface area contributed by atoms with Crippen molar-refractivity contribution in [1.82, 2.24) is 4.90 Å². The molecule has 2 atom stereocenters. The number of benzene rings is 2. The predicted octanol–water partition coefficient (Wildman–Crippen LogP) is 5.64. The normalized spacial score (nSPS) is 23.5. The standard InChI is InChI=1S/C23H26N2S/c1-16-21-14-19(25-10-3-4-11-25)6-7-20(21)22(15-24(16)2)17-5-8-23-18(13-17)9-12-26-23/h5-9,12-14,16,22H,3-4,10-11,15H2,1-2H3. The lowest BCUT2D eigenvalue weighted by atomic mass is 9.81. The van der Waals surface area contributed by atoms with Crippen LogP contribution in [0.1, 0.15) is 48.4 Å². The predicted molar refractivity (Wildman–Crippen MR) is 113 cm³/mol. The molecule has 3 aromatic rings. The molecular weight excluding hydrogens is 336 g/mol. The van der Waals surface area contributed by atoms with Crippen LogP contribution in [0, 0.1) is 0 Å². The van der Waals surface area contributed by atoms with Crippen molar-refractivity contribution < 1.29 is 0 Å². The number of fused-ring (bicyclic) bond motifs is 2. The van der Waals surface area contributed by atoms with E-state index in [0.717, 1.165) is 6.54 Å². The zero-order valence-corrected chi connectivity index (χ0v) is 16.4. The Morgan fingerprint density at radius 2 is 1.81 bits per heavy atom. The van der Waals surface area contributed by atoms with Crippen molar-refractivity contribution in [2.24, 2.45) is 0 Å². The van der Waals surface area contributed by atoms with Crippen LogP contribution in [0.3, 0.4) is 0 Å². The van der Waals surface area contributed by atoms with Crippen LogP contribution in [-0.4, -0.2) is 31.6 Å². The van der Waals surface area contributed by atoms with E-state index in [9.17, 15) is 0 Å². The number of hydrogen-bond donors (Lipinski definition) is 0. The average molecular weight is 363 g/mol. The third-order valence-electron chi connectivity index (χ3n) is 6.38. The maximum atomic E-state index is 2.55. The van der Waals surface area contributed by atoms with Crippen LogP contribution in [-0.2, 0) is 0 Å². The second kappa shape index (κ2) is 6.40. The Morgan fingerprint density at radius 1 is 0.962 bits per heavy atom. The fraction of sp³-hybridized carbons (Fsp3) is 0.391. The van der Waals surface area contributed by atoms with Gasteiger partial charge in [0.1, 0.15) is 0 Å². The molecule has 2 unspecified atom stereocenters. The van der Waals surface area contributed by atoms with Gasteiger partial charge in [0.25, 0.3) is 0 Å². The first-order valence-electron chi connectivity index (χ1n) is 9.77. The number of thiophene rings is 1. The molecule has 2 aliphatic heterocycles. The maximum Gasteiger partial charge on any atom is 0.0369 e. The highest BCUT2D eigenvalue weighted by Crippen LogP contribution is 2.41. The minimum atomic E-state index is 0.461. The SMILES string of the molecule is CC1c2cc(N3CCCC3)ccc2C(c2ccc3sccc3c2)CN1C. The molecule has 0 radical (unpaired) electrons. The summed E-state index contributed by atoms with van der Waals surface area (Å²) in [6.45, 7) is 5.86. The molecule has 2 nitrogen and oxygen atoms in total. The Kier molecular flexibility index (Phi) is 4.02. The molecule has 2 aromatic carbocycles. The Balaban J connectivity index is 1.58. The molecule has 0 aliphatic carbocycles. The summed E-state index contributed by atoms with van der Waals surface area (Å²) in [7, 11) is 2.27. The van der Waals surface area contributed by atoms with E-state index < -0.39 is 0 Å². The Labute approximate surface area is 160 Å². The van der Waals surface area contributed by atoms with Gasteiger partial charge in [-0.2, -0.15) is 0 Å². The highest BCUT2D eigenvalue weighted by atomic mass is 32.1. The van der Waals surface area contributed by atoms with Crippen LogP contribution in [0.2, 0.25) is 0 Å². The molecular formula is C23H26N2S. The number of nitrogens with zero attached hydrogens (tertiary/aromatic N) is 2. The van der Waals surface area contributed by atoms with E-state index in [1.165, 1.54) is 58.4 Å². The van der Waals surface area contributed by atoms with Crippen molar-refractivity contribution in [2.75, 3.05) is 31.6 Å². The lowest BCUT2D eigenvalue weighted by molar-refractivity contribution is 0.234. The van der Waals surface area contributed by atoms with E-state index in [1.807, 2.05) is 11.3 Å². The van der Waals surface area contributed by atoms with Crippen molar-refractivity contribution in [3.8, 4) is 0 Å². The van der Waals surface area contributed by atoms with Crippen LogP contribution in [0.15, 0.2) is 47.8 Å². The zero-order valence-electron chi connectivity index (χ0n) is 15.6. The van der Waals surface area contributed by atoms with Gasteiger partial charge in [-0.3, -0.25) is 4.90 Å². The molecule has 0 N–H and O–H groups in total. The third-order valence-corrected chi connectivity index (χ3v) is 7.28. The molecule has 3 heteroatoms. The van der Waals surface area contributed by atoms with E-state index in [-0.39, 0.29) is 0 Å². The topological polar surface area (TPSA) is 6.48 Å². The molecule has 0 saturated carbocycles. The van der Waals surface area contributed by atoms with E-state index in [4.69, 9.17) is 0 Å². The van der Waals surface area contributed by atoms with Gasteiger partial charge in [-0.1, -0.05) is 12.1 Å². The quantitative estimate of drug-likeness (QED) is 0.582. The molecule has 26 heavy (non-hydrogen) atoms. The smallest absolute Gasteiger partial charge is 0.0369 e. The summed E-state index contributed by atoms with van der Waals surface area (Å²) in [6.07, 6.45) is 2.66. The zero-order chi connectivity index (χ0) is 17.7. The first-order chi connectivity index (χ1) is 12.7. The second-order valence-corrected chi connectivity index (χ2v) is 8.84. The number of hydrogen-bond acceptors (Lipinski definition) is 3. The fourth-order valence-electron chi connectivity index (χ4n) is 4.68. The molecule has 0 spiro atoms. The van der Waals surface area contributed by atoms with Crippen molar-refractivity contribution in [1.29, 1.82) is 0 Å². The summed E-state index contributed by atoms with van der Waals surface area (Å²) in [4.78, 5) is 5.06. The van der Waals surface area contributed by atoms with Gasteiger partial charge in [-0.05, 0) is 84.6 Å². The van der Waals surface area contributed by atoms with E-state index in [2.05, 4.69) is 71.6 Å². The monoisotopic (exact) mass is 362 g/mol. The Hall–Kier alpha value is -1.84. The highest BCUT2D eigenvalue weighted by molar-refractivity contribution is 7.17. The highest BCUT2D eigenvalue weighted by Gasteiger charge is 2.30. The van der Waals surface area contributed by atoms with Gasteiger partial charge >= 0.3 is 0 Å². The van der Waals surface area contributed by atoms with Gasteiger partial charge in [0.2, 0.25) is 0 Å². The molecule has 0 bridgehead atoms. The van der Waals surface area contributed by atoms with E-state index in [1.54, 1.807) is 0 Å². The van der Waals surface area contributed by atoms with Crippen molar-refractivity contribution in [2.45, 2.75) is 31.7 Å². The fourth-order valence-corrected chi connectivity index (χ4v) is 5.45.